The SMILES string of the molecule is CC(=O)c1cc2c(cc1NC(=O)c1cnccn1)OCO2. The zero-order valence-corrected chi connectivity index (χ0v) is 11.1. The molecule has 0 saturated carbocycles. The van der Waals surface area contributed by atoms with E-state index in [-0.39, 0.29) is 18.3 Å². The van der Waals surface area contributed by atoms with E-state index in [0.29, 0.717) is 22.7 Å². The number of hydrogen-bond donors (Lipinski definition) is 1. The number of aromatic nitrogens is 2. The molecule has 0 bridgehead atoms. The average Bonchev–Trinajstić information content (AvgIpc) is 2.94. The summed E-state index contributed by atoms with van der Waals surface area (Å²) in [5.41, 5.74) is 0.851. The third-order valence-electron chi connectivity index (χ3n) is 2.94. The zero-order valence-electron chi connectivity index (χ0n) is 11.1. The van der Waals surface area contributed by atoms with Crippen molar-refractivity contribution >= 4 is 17.4 Å². The van der Waals surface area contributed by atoms with Crippen LogP contribution >= 0.6 is 0 Å². The summed E-state index contributed by atoms with van der Waals surface area (Å²) in [4.78, 5) is 31.5. The van der Waals surface area contributed by atoms with Crippen LogP contribution in [0.15, 0.2) is 30.7 Å². The summed E-state index contributed by atoms with van der Waals surface area (Å²) in [5, 5.41) is 2.64. The average molecular weight is 285 g/mol. The van der Waals surface area contributed by atoms with E-state index < -0.39 is 5.91 Å². The van der Waals surface area contributed by atoms with Crippen LogP contribution in [0.2, 0.25) is 0 Å². The molecule has 1 aromatic heterocycles. The summed E-state index contributed by atoms with van der Waals surface area (Å²) >= 11 is 0. The first-order chi connectivity index (χ1) is 10.1. The second kappa shape index (κ2) is 5.20. The van der Waals surface area contributed by atoms with Crippen LogP contribution in [0, 0.1) is 0 Å². The molecular formula is C14H11N3O4. The molecule has 1 aromatic carbocycles. The molecule has 7 nitrogen and oxygen atoms in total. The summed E-state index contributed by atoms with van der Waals surface area (Å²) in [6.07, 6.45) is 4.23. The first-order valence-corrected chi connectivity index (χ1v) is 6.17. The van der Waals surface area contributed by atoms with Crippen LogP contribution in [0.1, 0.15) is 27.8 Å². The van der Waals surface area contributed by atoms with Gasteiger partial charge in [0.25, 0.3) is 5.91 Å². The molecule has 1 aliphatic heterocycles. The van der Waals surface area contributed by atoms with Gasteiger partial charge in [0.1, 0.15) is 5.69 Å². The Bertz CT molecular complexity index is 716. The van der Waals surface area contributed by atoms with Crippen molar-refractivity contribution in [2.45, 2.75) is 6.92 Å². The van der Waals surface area contributed by atoms with Gasteiger partial charge in [-0.3, -0.25) is 14.6 Å². The third-order valence-corrected chi connectivity index (χ3v) is 2.94. The van der Waals surface area contributed by atoms with Crippen LogP contribution in [0.25, 0.3) is 0 Å². The topological polar surface area (TPSA) is 90.4 Å². The van der Waals surface area contributed by atoms with Crippen molar-refractivity contribution in [3.05, 3.63) is 42.0 Å². The summed E-state index contributed by atoms with van der Waals surface area (Å²) in [5.74, 6) is 0.319. The number of carbonyl (C=O) groups excluding carboxylic acids is 2. The largest absolute Gasteiger partial charge is 0.454 e. The summed E-state index contributed by atoms with van der Waals surface area (Å²) in [7, 11) is 0. The zero-order chi connectivity index (χ0) is 14.8. The molecule has 0 unspecified atom stereocenters. The maximum absolute atomic E-state index is 12.1. The van der Waals surface area contributed by atoms with Crippen molar-refractivity contribution in [3.63, 3.8) is 0 Å². The normalized spacial score (nSPS) is 12.0. The molecule has 1 N–H and O–H groups in total. The number of rotatable bonds is 3. The number of benzene rings is 1. The van der Waals surface area contributed by atoms with Gasteiger partial charge in [-0.15, -0.1) is 0 Å². The lowest BCUT2D eigenvalue weighted by Crippen LogP contribution is -2.15. The molecule has 0 aliphatic carbocycles. The highest BCUT2D eigenvalue weighted by Crippen LogP contribution is 2.37. The number of ether oxygens (including phenoxy) is 2. The fraction of sp³-hybridized carbons (Fsp3) is 0.143. The quantitative estimate of drug-likeness (QED) is 0.862. The van der Waals surface area contributed by atoms with Crippen LogP contribution in [-0.4, -0.2) is 28.5 Å². The van der Waals surface area contributed by atoms with Gasteiger partial charge in [0.2, 0.25) is 6.79 Å². The van der Waals surface area contributed by atoms with Crippen LogP contribution in [0.5, 0.6) is 11.5 Å². The molecule has 2 aromatic rings. The van der Waals surface area contributed by atoms with Gasteiger partial charge in [0.15, 0.2) is 17.3 Å². The van der Waals surface area contributed by atoms with Gasteiger partial charge in [0, 0.05) is 24.0 Å². The Morgan fingerprint density at radius 2 is 1.95 bits per heavy atom. The second-order valence-corrected chi connectivity index (χ2v) is 4.35. The smallest absolute Gasteiger partial charge is 0.275 e. The van der Waals surface area contributed by atoms with E-state index in [2.05, 4.69) is 15.3 Å². The number of fused-ring (bicyclic) bond motifs is 1. The lowest BCUT2D eigenvalue weighted by atomic mass is 10.1. The number of nitrogens with one attached hydrogen (secondary N) is 1. The Balaban J connectivity index is 1.95. The van der Waals surface area contributed by atoms with Crippen molar-refractivity contribution in [2.75, 3.05) is 12.1 Å². The summed E-state index contributed by atoms with van der Waals surface area (Å²) in [6.45, 7) is 1.50. The van der Waals surface area contributed by atoms with Crippen molar-refractivity contribution in [1.82, 2.24) is 9.97 Å². The molecule has 3 rings (SSSR count). The summed E-state index contributed by atoms with van der Waals surface area (Å²) < 4.78 is 10.5. The van der Waals surface area contributed by atoms with Crippen LogP contribution in [0.4, 0.5) is 5.69 Å². The number of nitrogens with zero attached hydrogens (tertiary/aromatic N) is 2. The molecule has 2 heterocycles. The van der Waals surface area contributed by atoms with Crippen molar-refractivity contribution in [1.29, 1.82) is 0 Å². The number of hydrogen-bond acceptors (Lipinski definition) is 6. The predicted octanol–water partition coefficient (Wildman–Crippen LogP) is 1.66. The highest BCUT2D eigenvalue weighted by molar-refractivity contribution is 6.08. The van der Waals surface area contributed by atoms with E-state index >= 15 is 0 Å². The Morgan fingerprint density at radius 1 is 1.19 bits per heavy atom. The number of amides is 1. The van der Waals surface area contributed by atoms with E-state index in [0.717, 1.165) is 0 Å². The van der Waals surface area contributed by atoms with E-state index in [1.807, 2.05) is 0 Å². The second-order valence-electron chi connectivity index (χ2n) is 4.35. The van der Waals surface area contributed by atoms with Gasteiger partial charge >= 0.3 is 0 Å². The maximum Gasteiger partial charge on any atom is 0.275 e. The van der Waals surface area contributed by atoms with E-state index in [9.17, 15) is 9.59 Å². The Hall–Kier alpha value is -2.96. The first-order valence-electron chi connectivity index (χ1n) is 6.17. The molecule has 7 heteroatoms. The molecule has 106 valence electrons. The fourth-order valence-corrected chi connectivity index (χ4v) is 1.94. The van der Waals surface area contributed by atoms with Crippen LogP contribution in [0.3, 0.4) is 0 Å². The van der Waals surface area contributed by atoms with E-state index in [1.54, 1.807) is 12.1 Å². The molecule has 21 heavy (non-hydrogen) atoms. The molecule has 0 saturated heterocycles. The van der Waals surface area contributed by atoms with Crippen molar-refractivity contribution in [2.24, 2.45) is 0 Å². The highest BCUT2D eigenvalue weighted by atomic mass is 16.7. The van der Waals surface area contributed by atoms with Gasteiger partial charge in [-0.1, -0.05) is 0 Å². The minimum Gasteiger partial charge on any atom is -0.454 e. The molecule has 0 spiro atoms. The van der Waals surface area contributed by atoms with Gasteiger partial charge in [-0.05, 0) is 13.0 Å². The number of carbonyl (C=O) groups is 2. The molecule has 1 aliphatic rings. The van der Waals surface area contributed by atoms with Gasteiger partial charge in [-0.2, -0.15) is 0 Å². The number of anilines is 1. The van der Waals surface area contributed by atoms with Crippen LogP contribution < -0.4 is 14.8 Å². The first kappa shape index (κ1) is 13.0. The Morgan fingerprint density at radius 3 is 2.62 bits per heavy atom. The monoisotopic (exact) mass is 285 g/mol. The van der Waals surface area contributed by atoms with E-state index in [1.165, 1.54) is 25.5 Å². The van der Waals surface area contributed by atoms with Crippen molar-refractivity contribution < 1.29 is 19.1 Å². The third kappa shape index (κ3) is 2.53. The maximum atomic E-state index is 12.1. The number of ketones is 1. The lowest BCUT2D eigenvalue weighted by Gasteiger charge is -2.10. The molecule has 1 amide bonds. The summed E-state index contributed by atoms with van der Waals surface area (Å²) in [6, 6.07) is 3.12. The van der Waals surface area contributed by atoms with Gasteiger partial charge < -0.3 is 14.8 Å². The highest BCUT2D eigenvalue weighted by Gasteiger charge is 2.21. The Kier molecular flexibility index (Phi) is 3.23. The standard InChI is InChI=1S/C14H11N3O4/c1-8(18)9-4-12-13(21-7-20-12)5-10(9)17-14(19)11-6-15-2-3-16-11/h2-6H,7H2,1H3,(H,17,19). The minimum atomic E-state index is -0.454. The predicted molar refractivity (Wildman–Crippen MR) is 72.6 cm³/mol. The molecule has 0 fully saturated rings. The number of Topliss-reactive ketones (excluding diaryl/α,β-unsaturated/α-hetero) is 1. The fourth-order valence-electron chi connectivity index (χ4n) is 1.94. The van der Waals surface area contributed by atoms with Crippen LogP contribution in [-0.2, 0) is 0 Å². The minimum absolute atomic E-state index is 0.0915. The van der Waals surface area contributed by atoms with E-state index in [4.69, 9.17) is 9.47 Å². The van der Waals surface area contributed by atoms with Gasteiger partial charge in [-0.25, -0.2) is 4.98 Å². The molecular weight excluding hydrogens is 274 g/mol. The molecule has 0 atom stereocenters. The molecule has 0 radical (unpaired) electrons. The lowest BCUT2D eigenvalue weighted by molar-refractivity contribution is 0.101. The van der Waals surface area contributed by atoms with Crippen molar-refractivity contribution in [3.8, 4) is 11.5 Å². The van der Waals surface area contributed by atoms with Gasteiger partial charge in [0.05, 0.1) is 11.9 Å². The Labute approximate surface area is 119 Å².